The Morgan fingerprint density at radius 1 is 1.67 bits per heavy atom. The molecule has 1 amide bonds. The zero-order valence-electron chi connectivity index (χ0n) is 7.42. The van der Waals surface area contributed by atoms with Gasteiger partial charge in [0, 0.05) is 13.6 Å². The van der Waals surface area contributed by atoms with E-state index in [4.69, 9.17) is 10.8 Å². The Morgan fingerprint density at radius 2 is 2.25 bits per heavy atom. The number of likely N-dealkylation sites (N-methyl/N-ethyl adjacent to an activating group) is 1. The van der Waals surface area contributed by atoms with Crippen molar-refractivity contribution in [2.24, 2.45) is 5.73 Å². The molecule has 0 spiro atoms. The van der Waals surface area contributed by atoms with Crippen molar-refractivity contribution in [3.8, 4) is 0 Å². The molecule has 0 saturated heterocycles. The smallest absolute Gasteiger partial charge is 0.242 e. The fourth-order valence-corrected chi connectivity index (χ4v) is 1.40. The molecule has 0 aliphatic heterocycles. The summed E-state index contributed by atoms with van der Waals surface area (Å²) in [6.45, 7) is 0.371. The van der Waals surface area contributed by atoms with E-state index in [1.54, 1.807) is 7.05 Å². The Labute approximate surface area is 72.3 Å². The van der Waals surface area contributed by atoms with Crippen LogP contribution < -0.4 is 5.73 Å². The maximum absolute atomic E-state index is 11.5. The van der Waals surface area contributed by atoms with E-state index in [1.165, 1.54) is 4.90 Å². The summed E-state index contributed by atoms with van der Waals surface area (Å²) < 4.78 is 0. The molecule has 0 aromatic rings. The molecule has 1 rings (SSSR count). The van der Waals surface area contributed by atoms with Crippen LogP contribution in [0.4, 0.5) is 0 Å². The van der Waals surface area contributed by atoms with Crippen molar-refractivity contribution >= 4 is 5.91 Å². The zero-order valence-corrected chi connectivity index (χ0v) is 7.42. The number of nitrogens with zero attached hydrogens (tertiary/aromatic N) is 1. The highest BCUT2D eigenvalue weighted by atomic mass is 16.3. The van der Waals surface area contributed by atoms with Crippen molar-refractivity contribution in [1.29, 1.82) is 0 Å². The van der Waals surface area contributed by atoms with Crippen LogP contribution in [0.15, 0.2) is 0 Å². The monoisotopic (exact) mass is 172 g/mol. The number of carbonyl (C=O) groups excluding carboxylic acids is 1. The minimum atomic E-state index is -0.621. The second-order valence-corrected chi connectivity index (χ2v) is 3.46. The van der Waals surface area contributed by atoms with Gasteiger partial charge in [-0.15, -0.1) is 0 Å². The van der Waals surface area contributed by atoms with Crippen LogP contribution in [-0.2, 0) is 4.79 Å². The molecule has 1 aliphatic carbocycles. The molecule has 1 aliphatic rings. The normalized spacial score (nSPS) is 19.9. The van der Waals surface area contributed by atoms with E-state index in [0.29, 0.717) is 6.54 Å². The van der Waals surface area contributed by atoms with Crippen LogP contribution in [0.3, 0.4) is 0 Å². The average molecular weight is 172 g/mol. The summed E-state index contributed by atoms with van der Waals surface area (Å²) >= 11 is 0. The number of carbonyl (C=O) groups is 1. The first-order valence-corrected chi connectivity index (χ1v) is 4.25. The maximum Gasteiger partial charge on any atom is 0.242 e. The van der Waals surface area contributed by atoms with Crippen LogP contribution in [0.25, 0.3) is 0 Å². The molecule has 70 valence electrons. The van der Waals surface area contributed by atoms with Gasteiger partial charge < -0.3 is 15.7 Å². The molecule has 0 unspecified atom stereocenters. The van der Waals surface area contributed by atoms with Crippen LogP contribution in [0, 0.1) is 0 Å². The lowest BCUT2D eigenvalue weighted by molar-refractivity contribution is -0.139. The van der Waals surface area contributed by atoms with Gasteiger partial charge in [0.2, 0.25) is 5.91 Å². The summed E-state index contributed by atoms with van der Waals surface area (Å²) in [5.74, 6) is -0.0391. The van der Waals surface area contributed by atoms with Gasteiger partial charge in [0.15, 0.2) is 0 Å². The van der Waals surface area contributed by atoms with Crippen molar-refractivity contribution in [3.05, 3.63) is 0 Å². The highest BCUT2D eigenvalue weighted by Crippen LogP contribution is 2.30. The summed E-state index contributed by atoms with van der Waals surface area (Å²) in [5, 5.41) is 8.61. The summed E-state index contributed by atoms with van der Waals surface area (Å²) in [6.07, 6.45) is 2.60. The zero-order chi connectivity index (χ0) is 9.19. The summed E-state index contributed by atoms with van der Waals surface area (Å²) in [6, 6.07) is 0. The van der Waals surface area contributed by atoms with E-state index in [9.17, 15) is 4.79 Å². The molecule has 12 heavy (non-hydrogen) atoms. The fraction of sp³-hybridized carbons (Fsp3) is 0.875. The fourth-order valence-electron chi connectivity index (χ4n) is 1.40. The van der Waals surface area contributed by atoms with E-state index >= 15 is 0 Å². The van der Waals surface area contributed by atoms with Crippen molar-refractivity contribution in [3.63, 3.8) is 0 Å². The molecule has 0 heterocycles. The molecule has 3 N–H and O–H groups in total. The van der Waals surface area contributed by atoms with Gasteiger partial charge >= 0.3 is 0 Å². The number of aliphatic hydroxyl groups is 1. The lowest BCUT2D eigenvalue weighted by Gasteiger charge is -2.39. The van der Waals surface area contributed by atoms with Gasteiger partial charge in [0.25, 0.3) is 0 Å². The van der Waals surface area contributed by atoms with Crippen LogP contribution in [0.1, 0.15) is 19.3 Å². The highest BCUT2D eigenvalue weighted by Gasteiger charge is 2.41. The molecule has 4 nitrogen and oxygen atoms in total. The molecule has 0 bridgehead atoms. The number of hydrogen-bond donors (Lipinski definition) is 2. The van der Waals surface area contributed by atoms with Crippen molar-refractivity contribution in [2.45, 2.75) is 24.8 Å². The first-order valence-electron chi connectivity index (χ1n) is 4.25. The SMILES string of the molecule is CN(CCO)C(=O)C1(N)CCC1. The average Bonchev–Trinajstić information content (AvgIpc) is 1.99. The molecule has 0 aromatic carbocycles. The minimum Gasteiger partial charge on any atom is -0.395 e. The van der Waals surface area contributed by atoms with Gasteiger partial charge in [0.1, 0.15) is 0 Å². The van der Waals surface area contributed by atoms with E-state index in [1.807, 2.05) is 0 Å². The quantitative estimate of drug-likeness (QED) is 0.592. The van der Waals surface area contributed by atoms with E-state index < -0.39 is 5.54 Å². The second-order valence-electron chi connectivity index (χ2n) is 3.46. The van der Waals surface area contributed by atoms with Gasteiger partial charge in [0.05, 0.1) is 12.1 Å². The summed E-state index contributed by atoms with van der Waals surface area (Å²) in [7, 11) is 1.67. The Hall–Kier alpha value is -0.610. The number of nitrogens with two attached hydrogens (primary N) is 1. The second kappa shape index (κ2) is 3.41. The molecule has 4 heteroatoms. The third-order valence-corrected chi connectivity index (χ3v) is 2.45. The Morgan fingerprint density at radius 3 is 2.58 bits per heavy atom. The van der Waals surface area contributed by atoms with Gasteiger partial charge in [-0.25, -0.2) is 0 Å². The molecule has 1 fully saturated rings. The van der Waals surface area contributed by atoms with Crippen molar-refractivity contribution in [1.82, 2.24) is 4.90 Å². The highest BCUT2D eigenvalue weighted by molar-refractivity contribution is 5.86. The molecule has 0 atom stereocenters. The van der Waals surface area contributed by atoms with Crippen LogP contribution in [0.2, 0.25) is 0 Å². The third-order valence-electron chi connectivity index (χ3n) is 2.45. The van der Waals surface area contributed by atoms with Gasteiger partial charge in [-0.05, 0) is 19.3 Å². The van der Waals surface area contributed by atoms with Crippen LogP contribution >= 0.6 is 0 Å². The van der Waals surface area contributed by atoms with Gasteiger partial charge in [-0.2, -0.15) is 0 Å². The Balaban J connectivity index is 2.45. The van der Waals surface area contributed by atoms with Crippen molar-refractivity contribution < 1.29 is 9.90 Å². The molecule has 0 aromatic heterocycles. The van der Waals surface area contributed by atoms with E-state index in [2.05, 4.69) is 0 Å². The molecular formula is C8H16N2O2. The number of aliphatic hydroxyl groups excluding tert-OH is 1. The van der Waals surface area contributed by atoms with Gasteiger partial charge in [-0.1, -0.05) is 0 Å². The van der Waals surface area contributed by atoms with E-state index in [0.717, 1.165) is 19.3 Å². The van der Waals surface area contributed by atoms with Crippen molar-refractivity contribution in [2.75, 3.05) is 20.2 Å². The van der Waals surface area contributed by atoms with Crippen LogP contribution in [0.5, 0.6) is 0 Å². The first-order chi connectivity index (χ1) is 5.60. The standard InChI is InChI=1S/C8H16N2O2/c1-10(5-6-11)7(12)8(9)3-2-4-8/h11H,2-6,9H2,1H3. The summed E-state index contributed by atoms with van der Waals surface area (Å²) in [5.41, 5.74) is 5.18. The minimum absolute atomic E-state index is 0.00167. The first kappa shape index (κ1) is 9.48. The Bertz CT molecular complexity index is 178. The van der Waals surface area contributed by atoms with Crippen LogP contribution in [-0.4, -0.2) is 41.7 Å². The Kier molecular flexibility index (Phi) is 2.69. The summed E-state index contributed by atoms with van der Waals surface area (Å²) in [4.78, 5) is 13.0. The number of rotatable bonds is 3. The molecular weight excluding hydrogens is 156 g/mol. The predicted molar refractivity (Wildman–Crippen MR) is 45.5 cm³/mol. The topological polar surface area (TPSA) is 66.6 Å². The lowest BCUT2D eigenvalue weighted by atomic mass is 9.77. The lowest BCUT2D eigenvalue weighted by Crippen LogP contribution is -2.59. The van der Waals surface area contributed by atoms with E-state index in [-0.39, 0.29) is 12.5 Å². The predicted octanol–water partition coefficient (Wildman–Crippen LogP) is -0.681. The molecule has 1 saturated carbocycles. The van der Waals surface area contributed by atoms with Gasteiger partial charge in [-0.3, -0.25) is 4.79 Å². The molecule has 0 radical (unpaired) electrons. The third kappa shape index (κ3) is 1.59. The largest absolute Gasteiger partial charge is 0.395 e. The number of amides is 1. The maximum atomic E-state index is 11.5. The number of hydrogen-bond acceptors (Lipinski definition) is 3.